The Morgan fingerprint density at radius 2 is 2.33 bits per heavy atom. The van der Waals surface area contributed by atoms with Crippen LogP contribution in [0.3, 0.4) is 0 Å². The number of aryl methyl sites for hydroxylation is 1. The maximum Gasteiger partial charge on any atom is 0.329 e. The minimum Gasteiger partial charge on any atom is -0.480 e. The summed E-state index contributed by atoms with van der Waals surface area (Å²) in [5.41, 5.74) is 0. The van der Waals surface area contributed by atoms with Gasteiger partial charge in [0.15, 0.2) is 0 Å². The van der Waals surface area contributed by atoms with E-state index in [0.717, 1.165) is 0 Å². The van der Waals surface area contributed by atoms with Crippen molar-refractivity contribution in [3.05, 3.63) is 12.3 Å². The van der Waals surface area contributed by atoms with Gasteiger partial charge in [0.25, 0.3) is 5.91 Å². The lowest BCUT2D eigenvalue weighted by molar-refractivity contribution is -0.143. The first-order chi connectivity index (χ1) is 7.09. The average molecular weight is 213 g/mol. The van der Waals surface area contributed by atoms with Crippen molar-refractivity contribution >= 4 is 17.7 Å². The van der Waals surface area contributed by atoms with Gasteiger partial charge in [0.05, 0.1) is 6.20 Å². The molecule has 0 saturated carbocycles. The molecule has 1 rings (SSSR count). The Bertz CT molecular complexity index is 361. The van der Waals surface area contributed by atoms with E-state index >= 15 is 0 Å². The lowest BCUT2D eigenvalue weighted by Crippen LogP contribution is -2.21. The van der Waals surface area contributed by atoms with E-state index in [4.69, 9.17) is 5.11 Å². The molecule has 1 aromatic heterocycles. The van der Waals surface area contributed by atoms with Crippen LogP contribution in [0.4, 0.5) is 5.82 Å². The lowest BCUT2D eigenvalue weighted by atomic mass is 10.5. The Hall–Kier alpha value is -1.89. The highest BCUT2D eigenvalue weighted by Crippen LogP contribution is 2.02. The minimum absolute atomic E-state index is 0.294. The van der Waals surface area contributed by atoms with E-state index in [2.05, 4.69) is 15.2 Å². The van der Waals surface area contributed by atoms with Crippen LogP contribution in [0.25, 0.3) is 0 Å². The Morgan fingerprint density at radius 3 is 2.87 bits per heavy atom. The first-order valence-electron chi connectivity index (χ1n) is 4.17. The fourth-order valence-electron chi connectivity index (χ4n) is 0.907. The first-order valence-corrected chi connectivity index (χ1v) is 4.17. The molecule has 7 nitrogen and oxygen atoms in total. The summed E-state index contributed by atoms with van der Waals surface area (Å²) >= 11 is 0. The molecular formula is C8H11N3O4. The quantitative estimate of drug-likeness (QED) is 0.685. The monoisotopic (exact) mass is 213 g/mol. The third-order valence-corrected chi connectivity index (χ3v) is 1.55. The molecule has 1 aromatic rings. The summed E-state index contributed by atoms with van der Waals surface area (Å²) < 4.78 is 6.09. The topological polar surface area (TPSA) is 93.5 Å². The summed E-state index contributed by atoms with van der Waals surface area (Å²) in [6, 6.07) is 1.62. The van der Waals surface area contributed by atoms with Crippen molar-refractivity contribution in [3.63, 3.8) is 0 Å². The standard InChI is InChI=1S/C8H11N3O4/c1-11-6(2-3-9-11)10-7(12)4-15-5-8(13)14/h2-3H,4-5H2,1H3,(H,10,12)(H,13,14). The second-order valence-electron chi connectivity index (χ2n) is 2.77. The zero-order valence-corrected chi connectivity index (χ0v) is 8.14. The van der Waals surface area contributed by atoms with Gasteiger partial charge in [-0.05, 0) is 0 Å². The molecule has 0 aromatic carbocycles. The van der Waals surface area contributed by atoms with E-state index in [9.17, 15) is 9.59 Å². The lowest BCUT2D eigenvalue weighted by Gasteiger charge is -2.04. The number of hydrogen-bond acceptors (Lipinski definition) is 4. The highest BCUT2D eigenvalue weighted by Gasteiger charge is 2.06. The van der Waals surface area contributed by atoms with Crippen LogP contribution in [0, 0.1) is 0 Å². The van der Waals surface area contributed by atoms with Crippen molar-refractivity contribution < 1.29 is 19.4 Å². The van der Waals surface area contributed by atoms with Crippen molar-refractivity contribution in [1.29, 1.82) is 0 Å². The number of aliphatic carboxylic acids is 1. The van der Waals surface area contributed by atoms with Gasteiger partial charge in [-0.1, -0.05) is 0 Å². The van der Waals surface area contributed by atoms with Gasteiger partial charge in [0, 0.05) is 13.1 Å². The van der Waals surface area contributed by atoms with E-state index in [-0.39, 0.29) is 6.61 Å². The SMILES string of the molecule is Cn1nccc1NC(=O)COCC(=O)O. The number of amides is 1. The largest absolute Gasteiger partial charge is 0.480 e. The van der Waals surface area contributed by atoms with Crippen molar-refractivity contribution in [1.82, 2.24) is 9.78 Å². The first kappa shape index (κ1) is 11.2. The second-order valence-corrected chi connectivity index (χ2v) is 2.77. The summed E-state index contributed by atoms with van der Waals surface area (Å²) in [5, 5.41) is 14.6. The molecule has 0 aliphatic rings. The van der Waals surface area contributed by atoms with Gasteiger partial charge in [-0.25, -0.2) is 4.79 Å². The molecule has 0 unspecified atom stereocenters. The Labute approximate surface area is 85.6 Å². The zero-order valence-electron chi connectivity index (χ0n) is 8.14. The van der Waals surface area contributed by atoms with Gasteiger partial charge in [0.1, 0.15) is 19.0 Å². The highest BCUT2D eigenvalue weighted by atomic mass is 16.5. The van der Waals surface area contributed by atoms with E-state index < -0.39 is 18.5 Å². The molecule has 1 amide bonds. The molecule has 1 heterocycles. The number of carbonyl (C=O) groups excluding carboxylic acids is 1. The molecule has 0 atom stereocenters. The van der Waals surface area contributed by atoms with Crippen LogP contribution in [-0.2, 0) is 21.4 Å². The van der Waals surface area contributed by atoms with Crippen molar-refractivity contribution in [2.24, 2.45) is 7.05 Å². The number of anilines is 1. The number of aromatic nitrogens is 2. The number of carbonyl (C=O) groups is 2. The van der Waals surface area contributed by atoms with E-state index in [0.29, 0.717) is 5.82 Å². The molecule has 0 aliphatic carbocycles. The smallest absolute Gasteiger partial charge is 0.329 e. The van der Waals surface area contributed by atoms with Crippen LogP contribution < -0.4 is 5.32 Å². The normalized spacial score (nSPS) is 9.93. The number of ether oxygens (including phenoxy) is 1. The van der Waals surface area contributed by atoms with Crippen LogP contribution in [0.5, 0.6) is 0 Å². The second kappa shape index (κ2) is 5.11. The molecule has 0 fully saturated rings. The zero-order chi connectivity index (χ0) is 11.3. The van der Waals surface area contributed by atoms with Crippen LogP contribution in [0.1, 0.15) is 0 Å². The van der Waals surface area contributed by atoms with Crippen molar-refractivity contribution in [2.45, 2.75) is 0 Å². The predicted molar refractivity (Wildman–Crippen MR) is 50.3 cm³/mol. The summed E-state index contributed by atoms with van der Waals surface area (Å²) in [6.45, 7) is -0.781. The fraction of sp³-hybridized carbons (Fsp3) is 0.375. The maximum atomic E-state index is 11.2. The predicted octanol–water partition coefficient (Wildman–Crippen LogP) is -0.540. The van der Waals surface area contributed by atoms with E-state index in [1.54, 1.807) is 13.1 Å². The molecule has 0 radical (unpaired) electrons. The van der Waals surface area contributed by atoms with Gasteiger partial charge >= 0.3 is 5.97 Å². The van der Waals surface area contributed by atoms with Gasteiger partial charge in [-0.2, -0.15) is 5.10 Å². The number of carboxylic acids is 1. The molecule has 7 heteroatoms. The number of hydrogen-bond donors (Lipinski definition) is 2. The number of carboxylic acid groups (broad SMARTS) is 1. The summed E-state index contributed by atoms with van der Waals surface area (Å²) in [4.78, 5) is 21.3. The van der Waals surface area contributed by atoms with E-state index in [1.165, 1.54) is 10.9 Å². The highest BCUT2D eigenvalue weighted by molar-refractivity contribution is 5.90. The summed E-state index contributed by atoms with van der Waals surface area (Å²) in [6.07, 6.45) is 1.54. The number of rotatable bonds is 5. The van der Waals surface area contributed by atoms with Crippen LogP contribution in [0.15, 0.2) is 12.3 Å². The van der Waals surface area contributed by atoms with Gasteiger partial charge in [-0.3, -0.25) is 9.48 Å². The Morgan fingerprint density at radius 1 is 1.60 bits per heavy atom. The van der Waals surface area contributed by atoms with Crippen LogP contribution in [0.2, 0.25) is 0 Å². The molecule has 0 bridgehead atoms. The minimum atomic E-state index is -1.11. The third-order valence-electron chi connectivity index (χ3n) is 1.55. The maximum absolute atomic E-state index is 11.2. The summed E-state index contributed by atoms with van der Waals surface area (Å²) in [7, 11) is 1.67. The van der Waals surface area contributed by atoms with Crippen molar-refractivity contribution in [3.8, 4) is 0 Å². The number of nitrogens with zero attached hydrogens (tertiary/aromatic N) is 2. The molecule has 2 N–H and O–H groups in total. The molecule has 15 heavy (non-hydrogen) atoms. The third kappa shape index (κ3) is 3.77. The van der Waals surface area contributed by atoms with Crippen LogP contribution >= 0.6 is 0 Å². The molecule has 0 spiro atoms. The number of nitrogens with one attached hydrogen (secondary N) is 1. The Kier molecular flexibility index (Phi) is 3.81. The summed E-state index contributed by atoms with van der Waals surface area (Å²) in [5.74, 6) is -0.998. The van der Waals surface area contributed by atoms with Crippen molar-refractivity contribution in [2.75, 3.05) is 18.5 Å². The molecule has 0 saturated heterocycles. The molecular weight excluding hydrogens is 202 g/mol. The van der Waals surface area contributed by atoms with Crippen LogP contribution in [-0.4, -0.2) is 40.0 Å². The molecule has 0 aliphatic heterocycles. The average Bonchev–Trinajstić information content (AvgIpc) is 2.51. The van der Waals surface area contributed by atoms with Gasteiger partial charge in [0.2, 0.25) is 0 Å². The Balaban J connectivity index is 2.31. The van der Waals surface area contributed by atoms with Gasteiger partial charge < -0.3 is 15.2 Å². The fourth-order valence-corrected chi connectivity index (χ4v) is 0.907. The van der Waals surface area contributed by atoms with E-state index in [1.807, 2.05) is 0 Å². The molecule has 82 valence electrons. The van der Waals surface area contributed by atoms with Gasteiger partial charge in [-0.15, -0.1) is 0 Å².